The summed E-state index contributed by atoms with van der Waals surface area (Å²) in [6.07, 6.45) is 2.73. The van der Waals surface area contributed by atoms with Gasteiger partial charge in [0.25, 0.3) is 5.91 Å². The van der Waals surface area contributed by atoms with E-state index in [1.807, 2.05) is 36.4 Å². The number of amides is 1. The van der Waals surface area contributed by atoms with E-state index in [9.17, 15) is 14.7 Å². The minimum Gasteiger partial charge on any atom is -0.497 e. The molecule has 1 saturated heterocycles. The Balaban J connectivity index is 1.71. The molecule has 3 aliphatic rings. The van der Waals surface area contributed by atoms with E-state index >= 15 is 0 Å². The Labute approximate surface area is 200 Å². The average molecular weight is 464 g/mol. The average Bonchev–Trinajstić information content (AvgIpc) is 2.82. The van der Waals surface area contributed by atoms with Crippen LogP contribution in [0.3, 0.4) is 0 Å². The summed E-state index contributed by atoms with van der Waals surface area (Å²) in [7, 11) is 1.67. The van der Waals surface area contributed by atoms with Gasteiger partial charge in [0.1, 0.15) is 5.75 Å². The Morgan fingerprint density at radius 1 is 1.18 bits per heavy atom. The molecule has 0 spiro atoms. The normalized spacial score (nSPS) is 31.9. The highest BCUT2D eigenvalue weighted by atomic mass is 16.6. The van der Waals surface area contributed by atoms with E-state index in [1.165, 1.54) is 5.56 Å². The summed E-state index contributed by atoms with van der Waals surface area (Å²) >= 11 is 0. The number of rotatable bonds is 5. The molecular formula is C28H33NO5. The fourth-order valence-corrected chi connectivity index (χ4v) is 6.94. The summed E-state index contributed by atoms with van der Waals surface area (Å²) in [5, 5.41) is 11.6. The number of hydrogen-bond acceptors (Lipinski definition) is 5. The van der Waals surface area contributed by atoms with Crippen molar-refractivity contribution in [2.45, 2.75) is 57.2 Å². The second-order valence-corrected chi connectivity index (χ2v) is 10.2. The van der Waals surface area contributed by atoms with E-state index in [0.717, 1.165) is 36.1 Å². The summed E-state index contributed by atoms with van der Waals surface area (Å²) in [6.45, 7) is 4.38. The van der Waals surface area contributed by atoms with Gasteiger partial charge in [0.15, 0.2) is 0 Å². The van der Waals surface area contributed by atoms with Gasteiger partial charge in [-0.25, -0.2) is 4.79 Å². The number of ether oxygens (including phenoxy) is 2. The molecule has 2 aliphatic carbocycles. The van der Waals surface area contributed by atoms with Gasteiger partial charge in [0.05, 0.1) is 19.3 Å². The van der Waals surface area contributed by atoms with E-state index in [-0.39, 0.29) is 24.9 Å². The summed E-state index contributed by atoms with van der Waals surface area (Å²) < 4.78 is 10.7. The second-order valence-electron chi connectivity index (χ2n) is 10.2. The van der Waals surface area contributed by atoms with Crippen molar-refractivity contribution in [2.75, 3.05) is 13.7 Å². The quantitative estimate of drug-likeness (QED) is 0.539. The Morgan fingerprint density at radius 3 is 2.65 bits per heavy atom. The zero-order chi connectivity index (χ0) is 24.1. The van der Waals surface area contributed by atoms with Crippen LogP contribution in [-0.4, -0.2) is 41.2 Å². The number of likely N-dealkylation sites (tertiary alicyclic amines) is 1. The van der Waals surface area contributed by atoms with Crippen molar-refractivity contribution in [3.63, 3.8) is 0 Å². The summed E-state index contributed by atoms with van der Waals surface area (Å²) in [6, 6.07) is 15.9. The summed E-state index contributed by atoms with van der Waals surface area (Å²) in [4.78, 5) is 28.9. The molecule has 180 valence electrons. The van der Waals surface area contributed by atoms with Gasteiger partial charge in [-0.15, -0.1) is 0 Å². The van der Waals surface area contributed by atoms with Crippen LogP contribution in [0.1, 0.15) is 49.8 Å². The third-order valence-electron chi connectivity index (χ3n) is 8.20. The molecule has 5 atom stereocenters. The molecule has 2 aromatic carbocycles. The number of benzene rings is 2. The topological polar surface area (TPSA) is 76.1 Å². The van der Waals surface area contributed by atoms with Gasteiger partial charge in [-0.2, -0.15) is 0 Å². The molecular weight excluding hydrogens is 430 g/mol. The smallest absolute Gasteiger partial charge is 0.348 e. The molecule has 6 nitrogen and oxygen atoms in total. The first-order valence-electron chi connectivity index (χ1n) is 12.3. The molecule has 5 rings (SSSR count). The van der Waals surface area contributed by atoms with Crippen molar-refractivity contribution >= 4 is 11.9 Å². The highest BCUT2D eigenvalue weighted by Gasteiger charge is 2.66. The van der Waals surface area contributed by atoms with E-state index in [2.05, 4.69) is 19.1 Å². The van der Waals surface area contributed by atoms with E-state index < -0.39 is 23.0 Å². The standard InChI is InChI=1S/C28H33NO5/c1-4-34-26(31)28(32)16-24-20-12-18(2)15-27(24,23-11-10-22(33-3)14-21(23)13-20)29(25(28)30)17-19-8-6-5-7-9-19/h5-11,14,18,20,24,32H,4,12-13,15-17H2,1-3H3/t18-,20-,24+,27-,28+/m1/s1. The molecule has 6 heteroatoms. The molecule has 1 aliphatic heterocycles. The number of nitrogens with zero attached hydrogens (tertiary/aromatic N) is 1. The molecule has 1 saturated carbocycles. The molecule has 0 unspecified atom stereocenters. The van der Waals surface area contributed by atoms with Crippen molar-refractivity contribution in [3.05, 3.63) is 65.2 Å². The zero-order valence-electron chi connectivity index (χ0n) is 20.1. The maximum absolute atomic E-state index is 14.1. The Bertz CT molecular complexity index is 1100. The summed E-state index contributed by atoms with van der Waals surface area (Å²) in [5.41, 5.74) is 0.527. The molecule has 2 aromatic rings. The van der Waals surface area contributed by atoms with Crippen molar-refractivity contribution in [3.8, 4) is 5.75 Å². The highest BCUT2D eigenvalue weighted by molar-refractivity contribution is 6.07. The molecule has 1 amide bonds. The Morgan fingerprint density at radius 2 is 1.94 bits per heavy atom. The van der Waals surface area contributed by atoms with E-state index in [1.54, 1.807) is 18.9 Å². The minimum absolute atomic E-state index is 0.0413. The number of carbonyl (C=O) groups excluding carboxylic acids is 2. The van der Waals surface area contributed by atoms with Crippen LogP contribution in [0.5, 0.6) is 5.75 Å². The van der Waals surface area contributed by atoms with Gasteiger partial charge in [-0.05, 0) is 72.8 Å². The van der Waals surface area contributed by atoms with Gasteiger partial charge in [-0.1, -0.05) is 43.3 Å². The number of fused-ring (bicyclic) bond motifs is 1. The predicted octanol–water partition coefficient (Wildman–Crippen LogP) is 3.84. The van der Waals surface area contributed by atoms with Gasteiger partial charge >= 0.3 is 5.97 Å². The van der Waals surface area contributed by atoms with Gasteiger partial charge in [0.2, 0.25) is 5.60 Å². The molecule has 0 radical (unpaired) electrons. The van der Waals surface area contributed by atoms with Crippen LogP contribution in [0.4, 0.5) is 0 Å². The van der Waals surface area contributed by atoms with Crippen LogP contribution in [0, 0.1) is 17.8 Å². The Kier molecular flexibility index (Phi) is 5.67. The number of methoxy groups -OCH3 is 1. The fourth-order valence-electron chi connectivity index (χ4n) is 6.94. The lowest BCUT2D eigenvalue weighted by atomic mass is 9.51. The first-order valence-corrected chi connectivity index (χ1v) is 12.3. The van der Waals surface area contributed by atoms with Crippen LogP contribution < -0.4 is 4.74 Å². The third kappa shape index (κ3) is 3.34. The third-order valence-corrected chi connectivity index (χ3v) is 8.20. The van der Waals surface area contributed by atoms with Crippen LogP contribution in [0.2, 0.25) is 0 Å². The maximum atomic E-state index is 14.1. The summed E-state index contributed by atoms with van der Waals surface area (Å²) in [5.74, 6) is 0.0362. The highest BCUT2D eigenvalue weighted by Crippen LogP contribution is 2.61. The molecule has 1 N–H and O–H groups in total. The first-order chi connectivity index (χ1) is 16.3. The van der Waals surface area contributed by atoms with Crippen molar-refractivity contribution in [2.24, 2.45) is 17.8 Å². The van der Waals surface area contributed by atoms with E-state index in [0.29, 0.717) is 12.5 Å². The lowest BCUT2D eigenvalue weighted by molar-refractivity contribution is -0.206. The van der Waals surface area contributed by atoms with Crippen LogP contribution in [-0.2, 0) is 32.8 Å². The maximum Gasteiger partial charge on any atom is 0.348 e. The number of esters is 1. The minimum atomic E-state index is -2.16. The molecule has 1 heterocycles. The lowest BCUT2D eigenvalue weighted by Gasteiger charge is -2.63. The van der Waals surface area contributed by atoms with Crippen LogP contribution in [0.15, 0.2) is 48.5 Å². The van der Waals surface area contributed by atoms with Gasteiger partial charge in [-0.3, -0.25) is 4.79 Å². The Hall–Kier alpha value is -2.86. The van der Waals surface area contributed by atoms with E-state index in [4.69, 9.17) is 9.47 Å². The zero-order valence-corrected chi connectivity index (χ0v) is 20.1. The number of piperidine rings is 1. The molecule has 0 aromatic heterocycles. The largest absolute Gasteiger partial charge is 0.497 e. The lowest BCUT2D eigenvalue weighted by Crippen LogP contribution is -2.72. The molecule has 34 heavy (non-hydrogen) atoms. The van der Waals surface area contributed by atoms with Gasteiger partial charge < -0.3 is 19.5 Å². The monoisotopic (exact) mass is 463 g/mol. The molecule has 2 fully saturated rings. The second kappa shape index (κ2) is 8.42. The van der Waals surface area contributed by atoms with Gasteiger partial charge in [0, 0.05) is 13.0 Å². The van der Waals surface area contributed by atoms with Crippen molar-refractivity contribution < 1.29 is 24.2 Å². The van der Waals surface area contributed by atoms with Crippen molar-refractivity contribution in [1.29, 1.82) is 0 Å². The number of aliphatic hydroxyl groups is 1. The fraction of sp³-hybridized carbons (Fsp3) is 0.500. The van der Waals surface area contributed by atoms with Crippen molar-refractivity contribution in [1.82, 2.24) is 4.90 Å². The first kappa shape index (κ1) is 22.9. The molecule has 2 bridgehead atoms. The number of hydrogen-bond donors (Lipinski definition) is 1. The van der Waals surface area contributed by atoms with Crippen LogP contribution >= 0.6 is 0 Å². The SMILES string of the molecule is CCOC(=O)[C@]1(O)C[C@H]2[C@H]3Cc4cc(OC)ccc4[C@@]2(C[C@H](C)C3)N(Cc2ccccc2)C1=O. The number of carbonyl (C=O) groups is 2. The predicted molar refractivity (Wildman–Crippen MR) is 127 cm³/mol. The van der Waals surface area contributed by atoms with Crippen LogP contribution in [0.25, 0.3) is 0 Å².